The van der Waals surface area contributed by atoms with Gasteiger partial charge in [-0.05, 0) is 62.1 Å². The number of hydrogen-bond acceptors (Lipinski definition) is 1. The Kier molecular flexibility index (Phi) is 3.99. The van der Waals surface area contributed by atoms with Crippen LogP contribution in [0.5, 0.6) is 5.75 Å². The van der Waals surface area contributed by atoms with Gasteiger partial charge in [-0.3, -0.25) is 0 Å². The van der Waals surface area contributed by atoms with Crippen molar-refractivity contribution in [3.63, 3.8) is 0 Å². The Bertz CT molecular complexity index is 838. The van der Waals surface area contributed by atoms with E-state index in [4.69, 9.17) is 4.74 Å². The molecule has 0 spiro atoms. The first-order valence-corrected chi connectivity index (χ1v) is 7.92. The van der Waals surface area contributed by atoms with Gasteiger partial charge >= 0.3 is 0 Å². The summed E-state index contributed by atoms with van der Waals surface area (Å²) >= 11 is 0. The third-order valence-electron chi connectivity index (χ3n) is 4.50. The van der Waals surface area contributed by atoms with Crippen molar-refractivity contribution in [2.24, 2.45) is 0 Å². The third kappa shape index (κ3) is 2.65. The van der Waals surface area contributed by atoms with Gasteiger partial charge in [0.2, 0.25) is 0 Å². The van der Waals surface area contributed by atoms with Crippen LogP contribution >= 0.6 is 0 Å². The van der Waals surface area contributed by atoms with Crippen LogP contribution in [-0.2, 0) is 0 Å². The van der Waals surface area contributed by atoms with Gasteiger partial charge in [-0.2, -0.15) is 0 Å². The number of methoxy groups -OCH3 is 1. The van der Waals surface area contributed by atoms with Crippen LogP contribution < -0.4 is 4.74 Å². The highest BCUT2D eigenvalue weighted by atomic mass is 16.5. The summed E-state index contributed by atoms with van der Waals surface area (Å²) in [7, 11) is 1.70. The lowest BCUT2D eigenvalue weighted by Gasteiger charge is -2.13. The van der Waals surface area contributed by atoms with Crippen LogP contribution in [-0.4, -0.2) is 11.7 Å². The van der Waals surface area contributed by atoms with E-state index >= 15 is 0 Å². The van der Waals surface area contributed by atoms with E-state index in [2.05, 4.69) is 68.8 Å². The van der Waals surface area contributed by atoms with E-state index in [9.17, 15) is 0 Å². The van der Waals surface area contributed by atoms with E-state index in [-0.39, 0.29) is 0 Å². The number of nitrogens with zero attached hydrogens (tertiary/aromatic N) is 1. The summed E-state index contributed by atoms with van der Waals surface area (Å²) < 4.78 is 7.61. The molecule has 2 nitrogen and oxygen atoms in total. The highest BCUT2D eigenvalue weighted by Gasteiger charge is 2.16. The second-order valence-corrected chi connectivity index (χ2v) is 6.11. The minimum absolute atomic E-state index is 0.877. The van der Waals surface area contributed by atoms with Gasteiger partial charge in [0.1, 0.15) is 5.75 Å². The second-order valence-electron chi connectivity index (χ2n) is 6.11. The monoisotopic (exact) mass is 305 g/mol. The Morgan fingerprint density at radius 1 is 0.783 bits per heavy atom. The van der Waals surface area contributed by atoms with Gasteiger partial charge < -0.3 is 9.30 Å². The van der Waals surface area contributed by atoms with Crippen molar-refractivity contribution in [2.75, 3.05) is 7.11 Å². The summed E-state index contributed by atoms with van der Waals surface area (Å²) in [5.74, 6) is 0.877. The normalized spacial score (nSPS) is 10.8. The molecule has 0 bridgehead atoms. The van der Waals surface area contributed by atoms with Crippen LogP contribution in [0, 0.1) is 27.7 Å². The lowest BCUT2D eigenvalue weighted by molar-refractivity contribution is 0.414. The van der Waals surface area contributed by atoms with Crippen molar-refractivity contribution < 1.29 is 4.74 Å². The van der Waals surface area contributed by atoms with Gasteiger partial charge in [-0.1, -0.05) is 24.3 Å². The van der Waals surface area contributed by atoms with Crippen molar-refractivity contribution in [1.29, 1.82) is 0 Å². The van der Waals surface area contributed by atoms with Crippen LogP contribution in [0.3, 0.4) is 0 Å². The predicted molar refractivity (Wildman–Crippen MR) is 96.7 cm³/mol. The van der Waals surface area contributed by atoms with Crippen LogP contribution in [0.1, 0.15) is 22.4 Å². The van der Waals surface area contributed by atoms with E-state index in [1.807, 2.05) is 12.1 Å². The van der Waals surface area contributed by atoms with Gasteiger partial charge in [-0.25, -0.2) is 0 Å². The van der Waals surface area contributed by atoms with Gasteiger partial charge in [-0.15, -0.1) is 0 Å². The van der Waals surface area contributed by atoms with E-state index < -0.39 is 0 Å². The zero-order valence-corrected chi connectivity index (χ0v) is 14.5. The molecule has 0 unspecified atom stereocenters. The standard InChI is InChI=1S/C21H23NO/c1-14-8-6-9-15(2)20(14)21-16(3)13-22(17(21)4)18-10-7-11-19(12-18)23-5/h6-13H,1-5H3. The molecular formula is C21H23NO. The van der Waals surface area contributed by atoms with Crippen LogP contribution in [0.4, 0.5) is 0 Å². The number of hydrogen-bond donors (Lipinski definition) is 0. The Morgan fingerprint density at radius 2 is 1.43 bits per heavy atom. The molecule has 2 aromatic carbocycles. The summed E-state index contributed by atoms with van der Waals surface area (Å²) in [5.41, 5.74) is 9.00. The minimum Gasteiger partial charge on any atom is -0.497 e. The van der Waals surface area contributed by atoms with Crippen molar-refractivity contribution in [2.45, 2.75) is 27.7 Å². The highest BCUT2D eigenvalue weighted by molar-refractivity contribution is 5.76. The second kappa shape index (κ2) is 5.96. The fourth-order valence-corrected chi connectivity index (χ4v) is 3.38. The summed E-state index contributed by atoms with van der Waals surface area (Å²) in [4.78, 5) is 0. The third-order valence-corrected chi connectivity index (χ3v) is 4.50. The first-order chi connectivity index (χ1) is 11.0. The molecule has 3 aromatic rings. The molecule has 0 amide bonds. The summed E-state index contributed by atoms with van der Waals surface area (Å²) in [6.07, 6.45) is 2.21. The fraction of sp³-hybridized carbons (Fsp3) is 0.238. The number of rotatable bonds is 3. The molecule has 23 heavy (non-hydrogen) atoms. The Labute approximate surface area is 138 Å². The average Bonchev–Trinajstić information content (AvgIpc) is 2.83. The van der Waals surface area contributed by atoms with Crippen LogP contribution in [0.15, 0.2) is 48.7 Å². The van der Waals surface area contributed by atoms with E-state index in [0.29, 0.717) is 0 Å². The summed E-state index contributed by atoms with van der Waals surface area (Å²) in [6, 6.07) is 14.7. The van der Waals surface area contributed by atoms with Crippen LogP contribution in [0.25, 0.3) is 16.8 Å². The number of aryl methyl sites for hydroxylation is 3. The van der Waals surface area contributed by atoms with E-state index in [0.717, 1.165) is 11.4 Å². The molecule has 0 atom stereocenters. The average molecular weight is 305 g/mol. The SMILES string of the molecule is COc1cccc(-n2cc(C)c(-c3c(C)cccc3C)c2C)c1. The van der Waals surface area contributed by atoms with Gasteiger partial charge in [0.25, 0.3) is 0 Å². The number of aromatic nitrogens is 1. The first-order valence-electron chi connectivity index (χ1n) is 7.92. The molecule has 0 aliphatic carbocycles. The fourth-order valence-electron chi connectivity index (χ4n) is 3.38. The largest absolute Gasteiger partial charge is 0.497 e. The van der Waals surface area contributed by atoms with E-state index in [1.165, 1.54) is 33.5 Å². The summed E-state index contributed by atoms with van der Waals surface area (Å²) in [6.45, 7) is 8.74. The molecule has 2 heteroatoms. The van der Waals surface area contributed by atoms with Gasteiger partial charge in [0.15, 0.2) is 0 Å². The Morgan fingerprint density at radius 3 is 2.09 bits per heavy atom. The topological polar surface area (TPSA) is 14.2 Å². The molecule has 0 aliphatic heterocycles. The zero-order valence-electron chi connectivity index (χ0n) is 14.5. The highest BCUT2D eigenvalue weighted by Crippen LogP contribution is 2.35. The van der Waals surface area contributed by atoms with Crippen molar-refractivity contribution in [3.05, 3.63) is 71.0 Å². The number of benzene rings is 2. The maximum absolute atomic E-state index is 5.36. The first kappa shape index (κ1) is 15.4. The molecule has 118 valence electrons. The lowest BCUT2D eigenvalue weighted by Crippen LogP contribution is -1.97. The van der Waals surface area contributed by atoms with Crippen molar-refractivity contribution in [3.8, 4) is 22.6 Å². The smallest absolute Gasteiger partial charge is 0.120 e. The van der Waals surface area contributed by atoms with E-state index in [1.54, 1.807) is 7.11 Å². The molecule has 1 heterocycles. The van der Waals surface area contributed by atoms with Crippen molar-refractivity contribution in [1.82, 2.24) is 4.57 Å². The molecule has 0 saturated heterocycles. The Hall–Kier alpha value is -2.48. The zero-order chi connectivity index (χ0) is 16.6. The molecule has 0 saturated carbocycles. The molecule has 0 N–H and O–H groups in total. The number of ether oxygens (including phenoxy) is 1. The maximum Gasteiger partial charge on any atom is 0.120 e. The predicted octanol–water partition coefficient (Wildman–Crippen LogP) is 5.39. The molecule has 1 aromatic heterocycles. The quantitative estimate of drug-likeness (QED) is 0.633. The molecule has 0 fully saturated rings. The van der Waals surface area contributed by atoms with Crippen LogP contribution in [0.2, 0.25) is 0 Å². The molecule has 0 radical (unpaired) electrons. The maximum atomic E-state index is 5.36. The van der Waals surface area contributed by atoms with Gasteiger partial charge in [0.05, 0.1) is 7.11 Å². The summed E-state index contributed by atoms with van der Waals surface area (Å²) in [5, 5.41) is 0. The molecular weight excluding hydrogens is 282 g/mol. The van der Waals surface area contributed by atoms with Gasteiger partial charge in [0, 0.05) is 29.2 Å². The minimum atomic E-state index is 0.877. The lowest BCUT2D eigenvalue weighted by atomic mass is 9.94. The van der Waals surface area contributed by atoms with Crippen molar-refractivity contribution >= 4 is 0 Å². The molecule has 0 aliphatic rings. The molecule has 3 rings (SSSR count). The Balaban J connectivity index is 2.21.